The zero-order valence-corrected chi connectivity index (χ0v) is 7.86. The quantitative estimate of drug-likeness (QED) is 0.704. The number of hydrogen-bond acceptors (Lipinski definition) is 2. The van der Waals surface area contributed by atoms with E-state index in [1.165, 1.54) is 11.1 Å². The van der Waals surface area contributed by atoms with Crippen molar-refractivity contribution in [2.75, 3.05) is 13.2 Å². The van der Waals surface area contributed by atoms with E-state index in [1.807, 2.05) is 0 Å². The normalized spacial score (nSPS) is 27.8. The van der Waals surface area contributed by atoms with Crippen molar-refractivity contribution in [3.63, 3.8) is 0 Å². The van der Waals surface area contributed by atoms with Gasteiger partial charge >= 0.3 is 0 Å². The van der Waals surface area contributed by atoms with Crippen LogP contribution in [0.4, 0.5) is 0 Å². The second kappa shape index (κ2) is 3.48. The molecule has 2 nitrogen and oxygen atoms in total. The van der Waals surface area contributed by atoms with Crippen molar-refractivity contribution in [2.24, 2.45) is 5.73 Å². The summed E-state index contributed by atoms with van der Waals surface area (Å²) in [5.41, 5.74) is 8.61. The lowest BCUT2D eigenvalue weighted by atomic mass is 9.91. The van der Waals surface area contributed by atoms with Gasteiger partial charge in [0.05, 0.1) is 13.2 Å². The van der Waals surface area contributed by atoms with E-state index in [2.05, 4.69) is 31.2 Å². The van der Waals surface area contributed by atoms with Crippen LogP contribution in [0.15, 0.2) is 24.3 Å². The molecule has 1 aromatic rings. The summed E-state index contributed by atoms with van der Waals surface area (Å²) < 4.78 is 5.35. The van der Waals surface area contributed by atoms with Crippen molar-refractivity contribution < 1.29 is 4.74 Å². The first-order valence-electron chi connectivity index (χ1n) is 4.68. The molecular formula is C11H15NO. The Hall–Kier alpha value is -0.860. The largest absolute Gasteiger partial charge is 0.379 e. The third-order valence-corrected chi connectivity index (χ3v) is 2.71. The average Bonchev–Trinajstić information content (AvgIpc) is 2.52. The summed E-state index contributed by atoms with van der Waals surface area (Å²) in [6.45, 7) is 3.59. The van der Waals surface area contributed by atoms with Gasteiger partial charge in [-0.15, -0.1) is 0 Å². The highest BCUT2D eigenvalue weighted by molar-refractivity contribution is 5.31. The standard InChI is InChI=1S/C11H15NO/c1-8-4-2-3-5-9(8)10-6-13-7-11(10)12/h2-5,10-11H,6-7,12H2,1H3. The van der Waals surface area contributed by atoms with Crippen molar-refractivity contribution in [3.05, 3.63) is 35.4 Å². The predicted octanol–water partition coefficient (Wildman–Crippen LogP) is 1.44. The fourth-order valence-corrected chi connectivity index (χ4v) is 1.89. The number of nitrogens with two attached hydrogens (primary N) is 1. The van der Waals surface area contributed by atoms with E-state index < -0.39 is 0 Å². The van der Waals surface area contributed by atoms with Crippen molar-refractivity contribution in [3.8, 4) is 0 Å². The number of hydrogen-bond donors (Lipinski definition) is 1. The molecule has 1 aliphatic heterocycles. The van der Waals surface area contributed by atoms with Gasteiger partial charge in [-0.2, -0.15) is 0 Å². The van der Waals surface area contributed by atoms with Gasteiger partial charge in [0.2, 0.25) is 0 Å². The van der Waals surface area contributed by atoms with Crippen LogP contribution in [0.1, 0.15) is 17.0 Å². The molecule has 2 N–H and O–H groups in total. The zero-order chi connectivity index (χ0) is 9.26. The van der Waals surface area contributed by atoms with Crippen LogP contribution >= 0.6 is 0 Å². The zero-order valence-electron chi connectivity index (χ0n) is 7.86. The molecule has 0 radical (unpaired) electrons. The predicted molar refractivity (Wildman–Crippen MR) is 52.7 cm³/mol. The van der Waals surface area contributed by atoms with Crippen molar-refractivity contribution in [1.82, 2.24) is 0 Å². The Balaban J connectivity index is 2.29. The molecule has 2 unspecified atom stereocenters. The molecular weight excluding hydrogens is 162 g/mol. The van der Waals surface area contributed by atoms with Gasteiger partial charge in [-0.3, -0.25) is 0 Å². The van der Waals surface area contributed by atoms with Crippen LogP contribution in [0.5, 0.6) is 0 Å². The molecule has 1 fully saturated rings. The lowest BCUT2D eigenvalue weighted by Gasteiger charge is -2.15. The summed E-state index contributed by atoms with van der Waals surface area (Å²) in [5.74, 6) is 0.390. The summed E-state index contributed by atoms with van der Waals surface area (Å²) in [5, 5.41) is 0. The highest BCUT2D eigenvalue weighted by Gasteiger charge is 2.26. The number of aryl methyl sites for hydroxylation is 1. The number of benzene rings is 1. The first kappa shape index (κ1) is 8.73. The first-order chi connectivity index (χ1) is 6.29. The van der Waals surface area contributed by atoms with E-state index in [9.17, 15) is 0 Å². The van der Waals surface area contributed by atoms with Crippen molar-refractivity contribution in [2.45, 2.75) is 18.9 Å². The Bertz CT molecular complexity index is 298. The SMILES string of the molecule is Cc1ccccc1C1COCC1N. The van der Waals surface area contributed by atoms with Gasteiger partial charge in [0.15, 0.2) is 0 Å². The highest BCUT2D eigenvalue weighted by atomic mass is 16.5. The van der Waals surface area contributed by atoms with Crippen molar-refractivity contribution >= 4 is 0 Å². The molecule has 0 aromatic heterocycles. The van der Waals surface area contributed by atoms with Gasteiger partial charge in [0.25, 0.3) is 0 Å². The second-order valence-corrected chi connectivity index (χ2v) is 3.66. The monoisotopic (exact) mass is 177 g/mol. The molecule has 1 heterocycles. The van der Waals surface area contributed by atoms with Crippen LogP contribution in [-0.4, -0.2) is 19.3 Å². The summed E-state index contributed by atoms with van der Waals surface area (Å²) in [4.78, 5) is 0. The van der Waals surface area contributed by atoms with Gasteiger partial charge in [0.1, 0.15) is 0 Å². The Labute approximate surface area is 78.7 Å². The van der Waals surface area contributed by atoms with Gasteiger partial charge in [0, 0.05) is 12.0 Å². The van der Waals surface area contributed by atoms with E-state index in [1.54, 1.807) is 0 Å². The third kappa shape index (κ3) is 1.60. The average molecular weight is 177 g/mol. The minimum Gasteiger partial charge on any atom is -0.379 e. The molecule has 2 atom stereocenters. The summed E-state index contributed by atoms with van der Waals surface area (Å²) in [6.07, 6.45) is 0. The topological polar surface area (TPSA) is 35.2 Å². The Morgan fingerprint density at radius 3 is 2.69 bits per heavy atom. The number of rotatable bonds is 1. The van der Waals surface area contributed by atoms with Gasteiger partial charge in [-0.1, -0.05) is 24.3 Å². The fraction of sp³-hybridized carbons (Fsp3) is 0.455. The maximum atomic E-state index is 5.95. The molecule has 70 valence electrons. The van der Waals surface area contributed by atoms with E-state index in [4.69, 9.17) is 10.5 Å². The highest BCUT2D eigenvalue weighted by Crippen LogP contribution is 2.26. The van der Waals surface area contributed by atoms with Gasteiger partial charge < -0.3 is 10.5 Å². The van der Waals surface area contributed by atoms with Crippen molar-refractivity contribution in [1.29, 1.82) is 0 Å². The molecule has 1 saturated heterocycles. The van der Waals surface area contributed by atoms with Crippen LogP contribution in [0, 0.1) is 6.92 Å². The molecule has 2 rings (SSSR count). The third-order valence-electron chi connectivity index (χ3n) is 2.71. The molecule has 1 aromatic carbocycles. The van der Waals surface area contributed by atoms with E-state index in [0.717, 1.165) is 6.61 Å². The molecule has 0 amide bonds. The minimum atomic E-state index is 0.168. The first-order valence-corrected chi connectivity index (χ1v) is 4.68. The summed E-state index contributed by atoms with van der Waals surface area (Å²) >= 11 is 0. The lowest BCUT2D eigenvalue weighted by molar-refractivity contribution is 0.191. The van der Waals surface area contributed by atoms with Crippen LogP contribution in [0.25, 0.3) is 0 Å². The van der Waals surface area contributed by atoms with E-state index in [0.29, 0.717) is 12.5 Å². The molecule has 0 bridgehead atoms. The number of ether oxygens (including phenoxy) is 1. The summed E-state index contributed by atoms with van der Waals surface area (Å²) in [7, 11) is 0. The molecule has 1 aliphatic rings. The van der Waals surface area contributed by atoms with E-state index in [-0.39, 0.29) is 6.04 Å². The Morgan fingerprint density at radius 1 is 1.31 bits per heavy atom. The minimum absolute atomic E-state index is 0.168. The Morgan fingerprint density at radius 2 is 2.08 bits per heavy atom. The molecule has 0 saturated carbocycles. The fourth-order valence-electron chi connectivity index (χ4n) is 1.89. The van der Waals surface area contributed by atoms with Crippen LogP contribution < -0.4 is 5.73 Å². The summed E-state index contributed by atoms with van der Waals surface area (Å²) in [6, 6.07) is 8.56. The molecule has 0 aliphatic carbocycles. The second-order valence-electron chi connectivity index (χ2n) is 3.66. The Kier molecular flexibility index (Phi) is 2.34. The molecule has 2 heteroatoms. The van der Waals surface area contributed by atoms with Gasteiger partial charge in [-0.05, 0) is 18.1 Å². The van der Waals surface area contributed by atoms with E-state index >= 15 is 0 Å². The molecule has 13 heavy (non-hydrogen) atoms. The van der Waals surface area contributed by atoms with Crippen LogP contribution in [0.2, 0.25) is 0 Å². The van der Waals surface area contributed by atoms with Gasteiger partial charge in [-0.25, -0.2) is 0 Å². The van der Waals surface area contributed by atoms with Crippen LogP contribution in [-0.2, 0) is 4.74 Å². The maximum Gasteiger partial charge on any atom is 0.0624 e. The van der Waals surface area contributed by atoms with Crippen LogP contribution in [0.3, 0.4) is 0 Å². The molecule has 0 spiro atoms. The maximum absolute atomic E-state index is 5.95. The lowest BCUT2D eigenvalue weighted by Crippen LogP contribution is -2.27. The smallest absolute Gasteiger partial charge is 0.0624 e.